The highest BCUT2D eigenvalue weighted by Crippen LogP contribution is 2.21. The van der Waals surface area contributed by atoms with Crippen molar-refractivity contribution in [2.24, 2.45) is 0 Å². The van der Waals surface area contributed by atoms with Gasteiger partial charge in [-0.3, -0.25) is 0 Å². The topological polar surface area (TPSA) is 9.23 Å². The number of para-hydroxylation sites is 1. The van der Waals surface area contributed by atoms with Gasteiger partial charge in [0.05, 0.1) is 0 Å². The molecule has 1 atom stereocenters. The fourth-order valence-corrected chi connectivity index (χ4v) is 1.48. The standard InChI is InChI=1S/C15H13O/c1-2-15(13-9-5-3-6-10-13)16-14-11-7-4-8-12-14/h2-11,15H,1H2. The Labute approximate surface area is 96.0 Å². The second-order valence-corrected chi connectivity index (χ2v) is 3.41. The quantitative estimate of drug-likeness (QED) is 0.696. The van der Waals surface area contributed by atoms with Crippen molar-refractivity contribution in [1.29, 1.82) is 0 Å². The molecule has 0 amide bonds. The van der Waals surface area contributed by atoms with Crippen molar-refractivity contribution in [3.05, 3.63) is 78.9 Å². The molecule has 0 spiro atoms. The molecule has 79 valence electrons. The first-order valence-electron chi connectivity index (χ1n) is 5.21. The molecule has 0 aromatic heterocycles. The second kappa shape index (κ2) is 5.17. The maximum atomic E-state index is 5.78. The highest BCUT2D eigenvalue weighted by molar-refractivity contribution is 5.25. The van der Waals surface area contributed by atoms with E-state index < -0.39 is 0 Å². The summed E-state index contributed by atoms with van der Waals surface area (Å²) in [6.07, 6.45) is 1.66. The van der Waals surface area contributed by atoms with E-state index in [1.54, 1.807) is 6.08 Å². The van der Waals surface area contributed by atoms with E-state index in [2.05, 4.69) is 12.6 Å². The van der Waals surface area contributed by atoms with Gasteiger partial charge in [-0.05, 0) is 17.7 Å². The molecule has 0 aliphatic carbocycles. The zero-order valence-corrected chi connectivity index (χ0v) is 8.97. The smallest absolute Gasteiger partial charge is 0.142 e. The van der Waals surface area contributed by atoms with Crippen molar-refractivity contribution in [1.82, 2.24) is 0 Å². The second-order valence-electron chi connectivity index (χ2n) is 3.41. The summed E-state index contributed by atoms with van der Waals surface area (Å²) in [6.45, 7) is 3.79. The van der Waals surface area contributed by atoms with Crippen LogP contribution in [-0.4, -0.2) is 0 Å². The lowest BCUT2D eigenvalue weighted by molar-refractivity contribution is 0.255. The summed E-state index contributed by atoms with van der Waals surface area (Å²) < 4.78 is 5.78. The minimum absolute atomic E-state index is 0.125. The molecule has 2 rings (SSSR count). The molecule has 2 aromatic rings. The molecule has 16 heavy (non-hydrogen) atoms. The zero-order chi connectivity index (χ0) is 11.2. The molecule has 0 N–H and O–H groups in total. The van der Waals surface area contributed by atoms with Crippen LogP contribution in [0.1, 0.15) is 11.7 Å². The number of ether oxygens (including phenoxy) is 1. The third-order valence-corrected chi connectivity index (χ3v) is 2.28. The lowest BCUT2D eigenvalue weighted by Crippen LogP contribution is -2.03. The van der Waals surface area contributed by atoms with Crippen LogP contribution in [0.4, 0.5) is 0 Å². The first-order valence-corrected chi connectivity index (χ1v) is 5.21. The average Bonchev–Trinajstić information content (AvgIpc) is 2.38. The molecule has 0 fully saturated rings. The van der Waals surface area contributed by atoms with Crippen LogP contribution in [0.15, 0.2) is 67.3 Å². The maximum absolute atomic E-state index is 5.78. The number of benzene rings is 2. The van der Waals surface area contributed by atoms with Crippen LogP contribution < -0.4 is 4.74 Å². The van der Waals surface area contributed by atoms with Gasteiger partial charge in [-0.2, -0.15) is 0 Å². The molecule has 0 saturated carbocycles. The fraction of sp³-hybridized carbons (Fsp3) is 0.0667. The monoisotopic (exact) mass is 209 g/mol. The van der Waals surface area contributed by atoms with Gasteiger partial charge in [0.2, 0.25) is 0 Å². The molecule has 1 radical (unpaired) electrons. The minimum atomic E-state index is -0.125. The van der Waals surface area contributed by atoms with Crippen molar-refractivity contribution in [2.45, 2.75) is 6.10 Å². The van der Waals surface area contributed by atoms with E-state index in [0.717, 1.165) is 11.3 Å². The molecule has 0 heterocycles. The van der Waals surface area contributed by atoms with Crippen molar-refractivity contribution in [2.75, 3.05) is 0 Å². The summed E-state index contributed by atoms with van der Waals surface area (Å²) in [4.78, 5) is 0. The molecule has 0 aliphatic heterocycles. The lowest BCUT2D eigenvalue weighted by Gasteiger charge is -2.15. The van der Waals surface area contributed by atoms with Gasteiger partial charge >= 0.3 is 0 Å². The van der Waals surface area contributed by atoms with Gasteiger partial charge in [-0.1, -0.05) is 55.1 Å². The Kier molecular flexibility index (Phi) is 3.39. The van der Waals surface area contributed by atoms with Gasteiger partial charge in [0.15, 0.2) is 0 Å². The zero-order valence-electron chi connectivity index (χ0n) is 8.97. The SMILES string of the molecule is C=CC(Oc1[c]cccc1)c1ccccc1. The maximum Gasteiger partial charge on any atom is 0.142 e. The van der Waals surface area contributed by atoms with E-state index in [4.69, 9.17) is 4.74 Å². The van der Waals surface area contributed by atoms with Gasteiger partial charge in [0.25, 0.3) is 0 Å². The summed E-state index contributed by atoms with van der Waals surface area (Å²) in [5.74, 6) is 0.733. The molecule has 1 unspecified atom stereocenters. The molecule has 0 aliphatic rings. The van der Waals surface area contributed by atoms with Crippen molar-refractivity contribution < 1.29 is 4.74 Å². The third kappa shape index (κ3) is 2.51. The largest absolute Gasteiger partial charge is 0.481 e. The molecule has 0 bridgehead atoms. The third-order valence-electron chi connectivity index (χ3n) is 2.28. The van der Waals surface area contributed by atoms with Gasteiger partial charge in [-0.25, -0.2) is 0 Å². The number of hydrogen-bond donors (Lipinski definition) is 0. The predicted octanol–water partition coefficient (Wildman–Crippen LogP) is 3.79. The van der Waals surface area contributed by atoms with Crippen LogP contribution >= 0.6 is 0 Å². The van der Waals surface area contributed by atoms with E-state index in [1.807, 2.05) is 54.6 Å². The Morgan fingerprint density at radius 3 is 2.44 bits per heavy atom. The Bertz CT molecular complexity index is 434. The number of hydrogen-bond acceptors (Lipinski definition) is 1. The van der Waals surface area contributed by atoms with Crippen LogP contribution in [-0.2, 0) is 0 Å². The Hall–Kier alpha value is -2.02. The highest BCUT2D eigenvalue weighted by atomic mass is 16.5. The molecule has 2 aromatic carbocycles. The molecule has 0 saturated heterocycles. The Morgan fingerprint density at radius 1 is 1.06 bits per heavy atom. The van der Waals surface area contributed by atoms with E-state index in [1.165, 1.54) is 0 Å². The first kappa shape index (κ1) is 10.5. The van der Waals surface area contributed by atoms with Gasteiger partial charge in [0.1, 0.15) is 11.9 Å². The van der Waals surface area contributed by atoms with Crippen molar-refractivity contribution >= 4 is 0 Å². The van der Waals surface area contributed by atoms with Crippen molar-refractivity contribution in [3.8, 4) is 5.75 Å². The van der Waals surface area contributed by atoms with E-state index >= 15 is 0 Å². The molecule has 1 nitrogen and oxygen atoms in total. The summed E-state index contributed by atoms with van der Waals surface area (Å²) in [5.41, 5.74) is 1.09. The predicted molar refractivity (Wildman–Crippen MR) is 65.3 cm³/mol. The molecule has 1 heteroatoms. The van der Waals surface area contributed by atoms with Gasteiger partial charge < -0.3 is 4.74 Å². The summed E-state index contributed by atoms with van der Waals surface area (Å²) >= 11 is 0. The van der Waals surface area contributed by atoms with E-state index in [-0.39, 0.29) is 6.10 Å². The van der Waals surface area contributed by atoms with Crippen LogP contribution in [0.3, 0.4) is 0 Å². The summed E-state index contributed by atoms with van der Waals surface area (Å²) in [5, 5.41) is 0. The fourth-order valence-electron chi connectivity index (χ4n) is 1.48. The summed E-state index contributed by atoms with van der Waals surface area (Å²) in [6, 6.07) is 20.6. The Morgan fingerprint density at radius 2 is 1.81 bits per heavy atom. The first-order chi connectivity index (χ1) is 7.90. The van der Waals surface area contributed by atoms with Crippen LogP contribution in [0.2, 0.25) is 0 Å². The molecular formula is C15H13O. The highest BCUT2D eigenvalue weighted by Gasteiger charge is 2.07. The molecular weight excluding hydrogens is 196 g/mol. The van der Waals surface area contributed by atoms with E-state index in [0.29, 0.717) is 0 Å². The van der Waals surface area contributed by atoms with Gasteiger partial charge in [-0.15, -0.1) is 0 Å². The number of rotatable bonds is 4. The minimum Gasteiger partial charge on any atom is -0.481 e. The lowest BCUT2D eigenvalue weighted by atomic mass is 10.1. The van der Waals surface area contributed by atoms with Gasteiger partial charge in [0, 0.05) is 6.07 Å². The van der Waals surface area contributed by atoms with Crippen molar-refractivity contribution in [3.63, 3.8) is 0 Å². The average molecular weight is 209 g/mol. The van der Waals surface area contributed by atoms with Crippen LogP contribution in [0.25, 0.3) is 0 Å². The normalized spacial score (nSPS) is 11.8. The van der Waals surface area contributed by atoms with E-state index in [9.17, 15) is 0 Å². The van der Waals surface area contributed by atoms with Crippen LogP contribution in [0.5, 0.6) is 5.75 Å². The summed E-state index contributed by atoms with van der Waals surface area (Å²) in [7, 11) is 0. The Balaban J connectivity index is 2.16. The van der Waals surface area contributed by atoms with Crippen LogP contribution in [0, 0.1) is 6.07 Å².